The highest BCUT2D eigenvalue weighted by atomic mass is 79.9. The first kappa shape index (κ1) is 15.5. The number of halogens is 1. The van der Waals surface area contributed by atoms with Gasteiger partial charge in [-0.05, 0) is 62.5 Å². The van der Waals surface area contributed by atoms with E-state index in [4.69, 9.17) is 5.11 Å². The molecule has 5 heteroatoms. The standard InChI is InChI=1S/C15H21BrN2O2/c1-11-8-13(2-3-14(11)16)17-15(20)9-18-6-4-12(10-19)5-7-18/h2-3,8,12,19H,4-7,9-10H2,1H3,(H,17,20). The fourth-order valence-electron chi connectivity index (χ4n) is 2.45. The molecule has 1 saturated heterocycles. The topological polar surface area (TPSA) is 52.6 Å². The molecule has 20 heavy (non-hydrogen) atoms. The van der Waals surface area contributed by atoms with Gasteiger partial charge in [-0.1, -0.05) is 15.9 Å². The van der Waals surface area contributed by atoms with Gasteiger partial charge in [-0.2, -0.15) is 0 Å². The molecule has 0 saturated carbocycles. The number of aliphatic hydroxyl groups is 1. The number of nitrogens with zero attached hydrogens (tertiary/aromatic N) is 1. The maximum Gasteiger partial charge on any atom is 0.238 e. The Balaban J connectivity index is 1.82. The average Bonchev–Trinajstić information content (AvgIpc) is 2.44. The van der Waals surface area contributed by atoms with Gasteiger partial charge in [0.05, 0.1) is 6.54 Å². The molecule has 1 heterocycles. The maximum atomic E-state index is 12.0. The lowest BCUT2D eigenvalue weighted by Crippen LogP contribution is -2.39. The first-order valence-electron chi connectivity index (χ1n) is 6.97. The zero-order chi connectivity index (χ0) is 14.5. The quantitative estimate of drug-likeness (QED) is 0.884. The number of carbonyl (C=O) groups is 1. The van der Waals surface area contributed by atoms with Crippen LogP contribution in [0.2, 0.25) is 0 Å². The van der Waals surface area contributed by atoms with Gasteiger partial charge >= 0.3 is 0 Å². The zero-order valence-corrected chi connectivity index (χ0v) is 13.3. The monoisotopic (exact) mass is 340 g/mol. The first-order valence-corrected chi connectivity index (χ1v) is 7.77. The summed E-state index contributed by atoms with van der Waals surface area (Å²) in [5.74, 6) is 0.428. The van der Waals surface area contributed by atoms with E-state index >= 15 is 0 Å². The van der Waals surface area contributed by atoms with Crippen LogP contribution in [0.15, 0.2) is 22.7 Å². The van der Waals surface area contributed by atoms with Crippen LogP contribution in [0.4, 0.5) is 5.69 Å². The Morgan fingerprint density at radius 2 is 2.15 bits per heavy atom. The van der Waals surface area contributed by atoms with Gasteiger partial charge in [-0.25, -0.2) is 0 Å². The van der Waals surface area contributed by atoms with E-state index in [0.717, 1.165) is 41.7 Å². The SMILES string of the molecule is Cc1cc(NC(=O)CN2CCC(CO)CC2)ccc1Br. The van der Waals surface area contributed by atoms with E-state index < -0.39 is 0 Å². The fraction of sp³-hybridized carbons (Fsp3) is 0.533. The number of rotatable bonds is 4. The van der Waals surface area contributed by atoms with Crippen molar-refractivity contribution in [2.45, 2.75) is 19.8 Å². The average molecular weight is 341 g/mol. The number of benzene rings is 1. The lowest BCUT2D eigenvalue weighted by Gasteiger charge is -2.30. The number of likely N-dealkylation sites (tertiary alicyclic amines) is 1. The summed E-state index contributed by atoms with van der Waals surface area (Å²) in [4.78, 5) is 14.2. The minimum Gasteiger partial charge on any atom is -0.396 e. The molecule has 1 aliphatic heterocycles. The molecule has 0 bridgehead atoms. The number of hydrogen-bond acceptors (Lipinski definition) is 3. The molecular weight excluding hydrogens is 320 g/mol. The molecule has 1 aromatic carbocycles. The van der Waals surface area contributed by atoms with Crippen molar-refractivity contribution in [3.63, 3.8) is 0 Å². The normalized spacial score (nSPS) is 17.1. The van der Waals surface area contributed by atoms with E-state index in [1.165, 1.54) is 0 Å². The Kier molecular flexibility index (Phi) is 5.57. The van der Waals surface area contributed by atoms with Crippen LogP contribution < -0.4 is 5.32 Å². The van der Waals surface area contributed by atoms with Crippen molar-refractivity contribution < 1.29 is 9.90 Å². The number of carbonyl (C=O) groups excluding carboxylic acids is 1. The Bertz CT molecular complexity index is 471. The number of aryl methyl sites for hydroxylation is 1. The number of hydrogen-bond donors (Lipinski definition) is 2. The van der Waals surface area contributed by atoms with Crippen LogP contribution in [0.5, 0.6) is 0 Å². The molecule has 0 unspecified atom stereocenters. The van der Waals surface area contributed by atoms with Crippen LogP contribution in [-0.4, -0.2) is 42.2 Å². The van der Waals surface area contributed by atoms with E-state index in [2.05, 4.69) is 26.1 Å². The molecule has 0 aromatic heterocycles. The maximum absolute atomic E-state index is 12.0. The van der Waals surface area contributed by atoms with Crippen LogP contribution >= 0.6 is 15.9 Å². The van der Waals surface area contributed by atoms with Crippen LogP contribution in [0.3, 0.4) is 0 Å². The Labute approximate surface area is 128 Å². The summed E-state index contributed by atoms with van der Waals surface area (Å²) in [6, 6.07) is 5.80. The third kappa shape index (κ3) is 4.30. The highest BCUT2D eigenvalue weighted by Crippen LogP contribution is 2.20. The molecule has 0 aliphatic carbocycles. The van der Waals surface area contributed by atoms with E-state index in [9.17, 15) is 4.79 Å². The number of anilines is 1. The van der Waals surface area contributed by atoms with Crippen molar-refractivity contribution >= 4 is 27.5 Å². The molecule has 110 valence electrons. The van der Waals surface area contributed by atoms with Crippen LogP contribution in [0, 0.1) is 12.8 Å². The van der Waals surface area contributed by atoms with E-state index in [1.54, 1.807) is 0 Å². The van der Waals surface area contributed by atoms with Crippen molar-refractivity contribution in [3.05, 3.63) is 28.2 Å². The number of piperidine rings is 1. The van der Waals surface area contributed by atoms with Crippen molar-refractivity contribution in [2.24, 2.45) is 5.92 Å². The predicted molar refractivity (Wildman–Crippen MR) is 83.8 cm³/mol. The lowest BCUT2D eigenvalue weighted by molar-refractivity contribution is -0.117. The van der Waals surface area contributed by atoms with E-state index in [-0.39, 0.29) is 12.5 Å². The Morgan fingerprint density at radius 3 is 2.75 bits per heavy atom. The second-order valence-corrected chi connectivity index (χ2v) is 6.27. The Morgan fingerprint density at radius 1 is 1.45 bits per heavy atom. The highest BCUT2D eigenvalue weighted by Gasteiger charge is 2.20. The second kappa shape index (κ2) is 7.20. The van der Waals surface area contributed by atoms with E-state index in [0.29, 0.717) is 12.5 Å². The number of nitrogens with one attached hydrogen (secondary N) is 1. The van der Waals surface area contributed by atoms with Gasteiger partial charge in [-0.3, -0.25) is 9.69 Å². The van der Waals surface area contributed by atoms with Crippen LogP contribution in [0.1, 0.15) is 18.4 Å². The summed E-state index contributed by atoms with van der Waals surface area (Å²) in [6.07, 6.45) is 1.95. The summed E-state index contributed by atoms with van der Waals surface area (Å²) in [6.45, 7) is 4.46. The minimum absolute atomic E-state index is 0.0224. The predicted octanol–water partition coefficient (Wildman–Crippen LogP) is 2.40. The summed E-state index contributed by atoms with van der Waals surface area (Å²) < 4.78 is 1.04. The van der Waals surface area contributed by atoms with E-state index in [1.807, 2.05) is 25.1 Å². The molecule has 1 fully saturated rings. The molecular formula is C15H21BrN2O2. The summed E-state index contributed by atoms with van der Waals surface area (Å²) in [5, 5.41) is 12.0. The molecule has 0 spiro atoms. The molecule has 0 atom stereocenters. The van der Waals surface area contributed by atoms with Gasteiger partial charge in [0.25, 0.3) is 0 Å². The molecule has 2 rings (SSSR count). The molecule has 1 amide bonds. The van der Waals surface area contributed by atoms with Gasteiger partial charge in [0, 0.05) is 16.8 Å². The van der Waals surface area contributed by atoms with Gasteiger partial charge in [0.15, 0.2) is 0 Å². The minimum atomic E-state index is 0.0224. The third-order valence-corrected chi connectivity index (χ3v) is 4.66. The first-order chi connectivity index (χ1) is 9.58. The summed E-state index contributed by atoms with van der Waals surface area (Å²) >= 11 is 3.45. The summed E-state index contributed by atoms with van der Waals surface area (Å²) in [7, 11) is 0. The molecule has 1 aliphatic rings. The fourth-order valence-corrected chi connectivity index (χ4v) is 2.70. The van der Waals surface area contributed by atoms with Crippen LogP contribution in [-0.2, 0) is 4.79 Å². The van der Waals surface area contributed by atoms with Gasteiger partial charge < -0.3 is 10.4 Å². The number of amides is 1. The van der Waals surface area contributed by atoms with Crippen molar-refractivity contribution in [1.82, 2.24) is 4.90 Å². The summed E-state index contributed by atoms with van der Waals surface area (Å²) in [5.41, 5.74) is 1.94. The number of aliphatic hydroxyl groups excluding tert-OH is 1. The molecule has 2 N–H and O–H groups in total. The van der Waals surface area contributed by atoms with Crippen molar-refractivity contribution in [1.29, 1.82) is 0 Å². The largest absolute Gasteiger partial charge is 0.396 e. The van der Waals surface area contributed by atoms with Gasteiger partial charge in [0.1, 0.15) is 0 Å². The molecule has 1 aromatic rings. The smallest absolute Gasteiger partial charge is 0.238 e. The Hall–Kier alpha value is -0.910. The molecule has 4 nitrogen and oxygen atoms in total. The van der Waals surface area contributed by atoms with Crippen molar-refractivity contribution in [2.75, 3.05) is 31.6 Å². The lowest BCUT2D eigenvalue weighted by atomic mass is 9.98. The second-order valence-electron chi connectivity index (χ2n) is 5.41. The van der Waals surface area contributed by atoms with Gasteiger partial charge in [0.2, 0.25) is 5.91 Å². The van der Waals surface area contributed by atoms with Crippen molar-refractivity contribution in [3.8, 4) is 0 Å². The molecule has 0 radical (unpaired) electrons. The van der Waals surface area contributed by atoms with Gasteiger partial charge in [-0.15, -0.1) is 0 Å². The zero-order valence-electron chi connectivity index (χ0n) is 11.7. The third-order valence-electron chi connectivity index (χ3n) is 3.77. The van der Waals surface area contributed by atoms with Crippen LogP contribution in [0.25, 0.3) is 0 Å². The highest BCUT2D eigenvalue weighted by molar-refractivity contribution is 9.10.